The Morgan fingerprint density at radius 1 is 1.39 bits per heavy atom. The molecule has 0 spiro atoms. The van der Waals surface area contributed by atoms with Gasteiger partial charge < -0.3 is 30.5 Å². The maximum absolute atomic E-state index is 14.0. The summed E-state index contributed by atoms with van der Waals surface area (Å²) in [6, 6.07) is 3.03. The Labute approximate surface area is 192 Å². The summed E-state index contributed by atoms with van der Waals surface area (Å²) in [5.41, 5.74) is -0.928. The molecular weight excluding hydrogens is 431 g/mol. The molecule has 0 aromatic heterocycles. The SMILES string of the molecule is CC(C)C[C@@H](C(=O)NC(=N)/C=C\NCC(C)(C)O)N1CC(Oc2cccc(O)c2F)=CC1=O. The van der Waals surface area contributed by atoms with Crippen LogP contribution < -0.4 is 15.4 Å². The van der Waals surface area contributed by atoms with Gasteiger partial charge in [0.1, 0.15) is 17.6 Å². The van der Waals surface area contributed by atoms with Crippen LogP contribution in [0.15, 0.2) is 42.3 Å². The molecule has 5 N–H and O–H groups in total. The Morgan fingerprint density at radius 3 is 2.73 bits per heavy atom. The second-order valence-corrected chi connectivity index (χ2v) is 8.84. The van der Waals surface area contributed by atoms with Gasteiger partial charge in [-0.25, -0.2) is 0 Å². The monoisotopic (exact) mass is 462 g/mol. The quantitative estimate of drug-likeness (QED) is 0.267. The molecule has 1 heterocycles. The fourth-order valence-electron chi connectivity index (χ4n) is 3.09. The van der Waals surface area contributed by atoms with Crippen LogP contribution in [0.1, 0.15) is 34.1 Å². The van der Waals surface area contributed by atoms with Crippen LogP contribution >= 0.6 is 0 Å². The van der Waals surface area contributed by atoms with Gasteiger partial charge in [-0.2, -0.15) is 4.39 Å². The first-order valence-corrected chi connectivity index (χ1v) is 10.6. The zero-order valence-corrected chi connectivity index (χ0v) is 19.2. The Morgan fingerprint density at radius 2 is 2.09 bits per heavy atom. The lowest BCUT2D eigenvalue weighted by molar-refractivity contribution is -0.135. The molecule has 0 bridgehead atoms. The van der Waals surface area contributed by atoms with Crippen molar-refractivity contribution < 1.29 is 28.9 Å². The van der Waals surface area contributed by atoms with Crippen molar-refractivity contribution in [2.75, 3.05) is 13.1 Å². The number of carbonyl (C=O) groups is 2. The molecule has 180 valence electrons. The Kier molecular flexibility index (Phi) is 8.58. The third-order valence-electron chi connectivity index (χ3n) is 4.61. The lowest BCUT2D eigenvalue weighted by Crippen LogP contribution is -2.49. The van der Waals surface area contributed by atoms with E-state index in [0.29, 0.717) is 6.42 Å². The predicted molar refractivity (Wildman–Crippen MR) is 121 cm³/mol. The van der Waals surface area contributed by atoms with Crippen molar-refractivity contribution in [2.24, 2.45) is 5.92 Å². The van der Waals surface area contributed by atoms with E-state index in [1.807, 2.05) is 13.8 Å². The molecule has 0 saturated heterocycles. The molecule has 1 aromatic rings. The Balaban J connectivity index is 2.04. The highest BCUT2D eigenvalue weighted by Gasteiger charge is 2.35. The Bertz CT molecular complexity index is 953. The molecule has 0 saturated carbocycles. The molecule has 1 aromatic carbocycles. The summed E-state index contributed by atoms with van der Waals surface area (Å²) in [4.78, 5) is 26.8. The summed E-state index contributed by atoms with van der Waals surface area (Å²) in [5.74, 6) is -2.74. The minimum atomic E-state index is -0.945. The third-order valence-corrected chi connectivity index (χ3v) is 4.61. The fourth-order valence-corrected chi connectivity index (χ4v) is 3.09. The van der Waals surface area contributed by atoms with Gasteiger partial charge in [0.25, 0.3) is 5.91 Å². The van der Waals surface area contributed by atoms with Crippen molar-refractivity contribution >= 4 is 17.6 Å². The minimum Gasteiger partial charge on any atom is -0.505 e. The van der Waals surface area contributed by atoms with Gasteiger partial charge in [-0.1, -0.05) is 19.9 Å². The Hall–Kier alpha value is -3.40. The van der Waals surface area contributed by atoms with Gasteiger partial charge in [-0.3, -0.25) is 15.0 Å². The number of nitrogens with zero attached hydrogens (tertiary/aromatic N) is 1. The fraction of sp³-hybridized carbons (Fsp3) is 0.435. The van der Waals surface area contributed by atoms with E-state index in [9.17, 15) is 24.2 Å². The highest BCUT2D eigenvalue weighted by molar-refractivity contribution is 6.05. The van der Waals surface area contributed by atoms with Crippen molar-refractivity contribution in [2.45, 2.75) is 45.8 Å². The van der Waals surface area contributed by atoms with E-state index in [1.165, 1.54) is 41.5 Å². The maximum Gasteiger partial charge on any atom is 0.251 e. The summed E-state index contributed by atoms with van der Waals surface area (Å²) >= 11 is 0. The number of hydrogen-bond donors (Lipinski definition) is 5. The first kappa shape index (κ1) is 25.9. The molecule has 0 unspecified atom stereocenters. The number of amidine groups is 1. The number of phenolic OH excluding ortho intramolecular Hbond substituents is 1. The normalized spacial score (nSPS) is 15.1. The number of aromatic hydroxyl groups is 1. The molecule has 1 aliphatic rings. The third kappa shape index (κ3) is 7.90. The summed E-state index contributed by atoms with van der Waals surface area (Å²) in [7, 11) is 0. The second-order valence-electron chi connectivity index (χ2n) is 8.84. The van der Waals surface area contributed by atoms with Gasteiger partial charge in [0.2, 0.25) is 11.7 Å². The van der Waals surface area contributed by atoms with E-state index in [1.54, 1.807) is 13.8 Å². The van der Waals surface area contributed by atoms with Gasteiger partial charge in [0.05, 0.1) is 12.1 Å². The largest absolute Gasteiger partial charge is 0.505 e. The topological polar surface area (TPSA) is 135 Å². The molecule has 33 heavy (non-hydrogen) atoms. The van der Waals surface area contributed by atoms with Crippen molar-refractivity contribution in [3.63, 3.8) is 0 Å². The number of amides is 2. The van der Waals surface area contributed by atoms with Crippen LogP contribution in [-0.4, -0.2) is 57.5 Å². The molecule has 10 heteroatoms. The van der Waals surface area contributed by atoms with Gasteiger partial charge in [0, 0.05) is 18.8 Å². The summed E-state index contributed by atoms with van der Waals surface area (Å²) in [6.07, 6.45) is 4.29. The number of benzene rings is 1. The second kappa shape index (κ2) is 11.0. The van der Waals surface area contributed by atoms with Gasteiger partial charge in [-0.15, -0.1) is 0 Å². The van der Waals surface area contributed by atoms with E-state index < -0.39 is 35.0 Å². The van der Waals surface area contributed by atoms with E-state index >= 15 is 0 Å². The van der Waals surface area contributed by atoms with E-state index in [0.717, 1.165) is 0 Å². The van der Waals surface area contributed by atoms with Crippen molar-refractivity contribution in [3.8, 4) is 11.5 Å². The van der Waals surface area contributed by atoms with Crippen molar-refractivity contribution in [3.05, 3.63) is 48.1 Å². The summed E-state index contributed by atoms with van der Waals surface area (Å²) in [5, 5.41) is 32.4. The number of nitrogens with one attached hydrogen (secondary N) is 3. The van der Waals surface area contributed by atoms with Crippen LogP contribution in [0.4, 0.5) is 4.39 Å². The molecule has 1 aliphatic heterocycles. The number of rotatable bonds is 10. The molecule has 2 rings (SSSR count). The molecule has 2 amide bonds. The average Bonchev–Trinajstić information content (AvgIpc) is 3.06. The minimum absolute atomic E-state index is 0.0605. The van der Waals surface area contributed by atoms with E-state index in [2.05, 4.69) is 10.6 Å². The molecule has 9 nitrogen and oxygen atoms in total. The van der Waals surface area contributed by atoms with E-state index in [-0.39, 0.29) is 36.4 Å². The van der Waals surface area contributed by atoms with Gasteiger partial charge >= 0.3 is 0 Å². The number of hydrogen-bond acceptors (Lipinski definition) is 7. The van der Waals surface area contributed by atoms with Crippen molar-refractivity contribution in [1.29, 1.82) is 5.41 Å². The number of carbonyl (C=O) groups excluding carboxylic acids is 2. The first-order chi connectivity index (χ1) is 15.4. The maximum atomic E-state index is 14.0. The molecule has 0 radical (unpaired) electrons. The van der Waals surface area contributed by atoms with Crippen LogP contribution in [0, 0.1) is 17.1 Å². The summed E-state index contributed by atoms with van der Waals surface area (Å²) in [6.45, 7) is 7.27. The zero-order chi connectivity index (χ0) is 24.8. The smallest absolute Gasteiger partial charge is 0.251 e. The molecule has 0 fully saturated rings. The lowest BCUT2D eigenvalue weighted by Gasteiger charge is -2.28. The zero-order valence-electron chi connectivity index (χ0n) is 19.2. The van der Waals surface area contributed by atoms with Crippen LogP contribution in [0.25, 0.3) is 0 Å². The summed E-state index contributed by atoms with van der Waals surface area (Å²) < 4.78 is 19.5. The van der Waals surface area contributed by atoms with E-state index in [4.69, 9.17) is 10.1 Å². The number of phenols is 1. The number of aliphatic hydroxyl groups is 1. The molecule has 1 atom stereocenters. The predicted octanol–water partition coefficient (Wildman–Crippen LogP) is 2.02. The highest BCUT2D eigenvalue weighted by Crippen LogP contribution is 2.28. The van der Waals surface area contributed by atoms with Crippen LogP contribution in [0.5, 0.6) is 11.5 Å². The first-order valence-electron chi connectivity index (χ1n) is 10.6. The number of halogens is 1. The van der Waals surface area contributed by atoms with Crippen LogP contribution in [0.3, 0.4) is 0 Å². The van der Waals surface area contributed by atoms with Crippen LogP contribution in [-0.2, 0) is 9.59 Å². The van der Waals surface area contributed by atoms with Crippen molar-refractivity contribution in [1.82, 2.24) is 15.5 Å². The number of ether oxygens (including phenoxy) is 1. The van der Waals surface area contributed by atoms with Gasteiger partial charge in [-0.05, 0) is 44.4 Å². The average molecular weight is 463 g/mol. The lowest BCUT2D eigenvalue weighted by atomic mass is 10.0. The standard InChI is InChI=1S/C23H31FN4O5/c1-14(2)10-16(22(31)27-19(25)8-9-26-13-23(3,4)32)28-12-15(11-20(28)30)33-18-7-5-6-17(29)21(18)24/h5-9,11,14,16,26,29,32H,10,12-13H2,1-4H3,(H2,25,27,31)/b9-8-/t16-/m0/s1. The molecule has 0 aliphatic carbocycles. The highest BCUT2D eigenvalue weighted by atomic mass is 19.1. The van der Waals surface area contributed by atoms with Gasteiger partial charge in [0.15, 0.2) is 11.5 Å². The van der Waals surface area contributed by atoms with Crippen LogP contribution in [0.2, 0.25) is 0 Å². The molecular formula is C23H31FN4O5.